The van der Waals surface area contributed by atoms with Crippen LogP contribution in [-0.4, -0.2) is 24.2 Å². The van der Waals surface area contributed by atoms with Gasteiger partial charge in [-0.2, -0.15) is 5.26 Å². The molecule has 1 aromatic rings. The number of nitrogens with one attached hydrogen (secondary N) is 1. The van der Waals surface area contributed by atoms with Crippen molar-refractivity contribution in [3.8, 4) is 6.07 Å². The van der Waals surface area contributed by atoms with Crippen molar-refractivity contribution < 1.29 is 4.74 Å². The molecule has 2 rings (SSSR count). The summed E-state index contributed by atoms with van der Waals surface area (Å²) in [6, 6.07) is 3.88. The van der Waals surface area contributed by atoms with Crippen molar-refractivity contribution in [2.45, 2.75) is 44.6 Å². The molecule has 4 heteroatoms. The highest BCUT2D eigenvalue weighted by molar-refractivity contribution is 5.55. The van der Waals surface area contributed by atoms with E-state index in [0.717, 1.165) is 25.3 Å². The summed E-state index contributed by atoms with van der Waals surface area (Å²) in [7, 11) is 0. The lowest BCUT2D eigenvalue weighted by atomic mass is 9.98. The molecule has 1 fully saturated rings. The second-order valence-electron chi connectivity index (χ2n) is 4.94. The van der Waals surface area contributed by atoms with E-state index in [0.29, 0.717) is 11.7 Å². The Morgan fingerprint density at radius 3 is 3.00 bits per heavy atom. The Morgan fingerprint density at radius 1 is 1.37 bits per heavy atom. The number of ether oxygens (including phenoxy) is 1. The van der Waals surface area contributed by atoms with Crippen LogP contribution in [0.4, 0.5) is 5.69 Å². The molecule has 1 aliphatic rings. The summed E-state index contributed by atoms with van der Waals surface area (Å²) in [5.41, 5.74) is 1.45. The molecule has 1 heterocycles. The third kappa shape index (κ3) is 4.53. The fourth-order valence-corrected chi connectivity index (χ4v) is 2.41. The number of hydrogen-bond donors (Lipinski definition) is 1. The predicted octanol–water partition coefficient (Wildman–Crippen LogP) is 3.10. The molecule has 0 unspecified atom stereocenters. The molecule has 0 saturated heterocycles. The number of rotatable bonds is 6. The summed E-state index contributed by atoms with van der Waals surface area (Å²) >= 11 is 0. The summed E-state index contributed by atoms with van der Waals surface area (Å²) in [6.07, 6.45) is 11.2. The minimum atomic E-state index is 0.474. The highest BCUT2D eigenvalue weighted by Gasteiger charge is 2.12. The van der Waals surface area contributed by atoms with Crippen molar-refractivity contribution in [3.05, 3.63) is 24.0 Å². The van der Waals surface area contributed by atoms with Gasteiger partial charge in [0.1, 0.15) is 6.07 Å². The molecule has 102 valence electrons. The molecule has 1 N–H and O–H groups in total. The van der Waals surface area contributed by atoms with Crippen molar-refractivity contribution in [3.63, 3.8) is 0 Å². The fourth-order valence-electron chi connectivity index (χ4n) is 2.41. The molecule has 19 heavy (non-hydrogen) atoms. The average Bonchev–Trinajstić information content (AvgIpc) is 2.48. The largest absolute Gasteiger partial charge is 0.383 e. The van der Waals surface area contributed by atoms with Gasteiger partial charge in [0.25, 0.3) is 0 Å². The number of hydrogen-bond acceptors (Lipinski definition) is 4. The van der Waals surface area contributed by atoms with Crippen molar-refractivity contribution in [2.75, 3.05) is 18.5 Å². The van der Waals surface area contributed by atoms with E-state index in [4.69, 9.17) is 10.00 Å². The molecule has 1 saturated carbocycles. The number of nitriles is 1. The van der Waals surface area contributed by atoms with Crippen molar-refractivity contribution in [1.82, 2.24) is 4.98 Å². The molecule has 0 aromatic carbocycles. The maximum absolute atomic E-state index is 8.95. The van der Waals surface area contributed by atoms with Crippen LogP contribution in [0.2, 0.25) is 0 Å². The fraction of sp³-hybridized carbons (Fsp3) is 0.600. The van der Waals surface area contributed by atoms with Crippen LogP contribution in [-0.2, 0) is 4.74 Å². The molecule has 0 bridgehead atoms. The number of pyridine rings is 1. The van der Waals surface area contributed by atoms with Crippen LogP contribution >= 0.6 is 0 Å². The number of nitrogens with zero attached hydrogens (tertiary/aromatic N) is 2. The van der Waals surface area contributed by atoms with Crippen LogP contribution in [0.25, 0.3) is 0 Å². The van der Waals surface area contributed by atoms with Gasteiger partial charge in [0.05, 0.1) is 23.6 Å². The lowest BCUT2D eigenvalue weighted by molar-refractivity contribution is 0.0284. The van der Waals surface area contributed by atoms with E-state index in [-0.39, 0.29) is 0 Å². The molecule has 0 radical (unpaired) electrons. The first-order valence-electron chi connectivity index (χ1n) is 7.10. The quantitative estimate of drug-likeness (QED) is 0.797. The van der Waals surface area contributed by atoms with Crippen LogP contribution in [0.5, 0.6) is 0 Å². The van der Waals surface area contributed by atoms with Gasteiger partial charge in [0.15, 0.2) is 0 Å². The lowest BCUT2D eigenvalue weighted by Gasteiger charge is -2.22. The SMILES string of the molecule is N#Cc1ccncc1NCCCOC1CCCCC1. The Bertz CT molecular complexity index is 422. The molecule has 1 aliphatic carbocycles. The third-order valence-electron chi connectivity index (χ3n) is 3.48. The smallest absolute Gasteiger partial charge is 0.101 e. The maximum Gasteiger partial charge on any atom is 0.101 e. The normalized spacial score (nSPS) is 15.9. The minimum Gasteiger partial charge on any atom is -0.383 e. The highest BCUT2D eigenvalue weighted by atomic mass is 16.5. The molecule has 1 aromatic heterocycles. The molecular formula is C15H21N3O. The van der Waals surface area contributed by atoms with Crippen LogP contribution in [0.15, 0.2) is 18.5 Å². The van der Waals surface area contributed by atoms with Gasteiger partial charge in [-0.05, 0) is 25.3 Å². The van der Waals surface area contributed by atoms with E-state index in [1.54, 1.807) is 18.5 Å². The summed E-state index contributed by atoms with van der Waals surface area (Å²) in [5, 5.41) is 12.2. The van der Waals surface area contributed by atoms with Crippen LogP contribution in [0.3, 0.4) is 0 Å². The van der Waals surface area contributed by atoms with Gasteiger partial charge in [-0.3, -0.25) is 4.98 Å². The first kappa shape index (κ1) is 13.8. The average molecular weight is 259 g/mol. The standard InChI is InChI=1S/C15H21N3O/c16-11-13-7-9-17-12-15(13)18-8-4-10-19-14-5-2-1-3-6-14/h7,9,12,14,18H,1-6,8,10H2. The van der Waals surface area contributed by atoms with Crippen LogP contribution in [0.1, 0.15) is 44.1 Å². The summed E-state index contributed by atoms with van der Waals surface area (Å²) in [5.74, 6) is 0. The maximum atomic E-state index is 8.95. The van der Waals surface area contributed by atoms with Gasteiger partial charge in [0, 0.05) is 19.3 Å². The van der Waals surface area contributed by atoms with Gasteiger partial charge in [-0.25, -0.2) is 0 Å². The number of aromatic nitrogens is 1. The topological polar surface area (TPSA) is 57.9 Å². The zero-order valence-corrected chi connectivity index (χ0v) is 11.3. The van der Waals surface area contributed by atoms with Crippen molar-refractivity contribution in [1.29, 1.82) is 5.26 Å². The van der Waals surface area contributed by atoms with Crippen LogP contribution < -0.4 is 5.32 Å². The molecular weight excluding hydrogens is 238 g/mol. The zero-order valence-electron chi connectivity index (χ0n) is 11.3. The van der Waals surface area contributed by atoms with E-state index >= 15 is 0 Å². The lowest BCUT2D eigenvalue weighted by Crippen LogP contribution is -2.18. The zero-order chi connectivity index (χ0) is 13.3. The molecule has 0 spiro atoms. The Kier molecular flexibility index (Phi) is 5.64. The minimum absolute atomic E-state index is 0.474. The second-order valence-corrected chi connectivity index (χ2v) is 4.94. The van der Waals surface area contributed by atoms with E-state index in [2.05, 4.69) is 16.4 Å². The van der Waals surface area contributed by atoms with E-state index in [1.165, 1.54) is 32.1 Å². The van der Waals surface area contributed by atoms with Gasteiger partial charge in [-0.1, -0.05) is 19.3 Å². The first-order chi connectivity index (χ1) is 9.40. The summed E-state index contributed by atoms with van der Waals surface area (Å²) in [4.78, 5) is 4.02. The Hall–Kier alpha value is -1.60. The van der Waals surface area contributed by atoms with Crippen LogP contribution in [0, 0.1) is 11.3 Å². The highest BCUT2D eigenvalue weighted by Crippen LogP contribution is 2.20. The summed E-state index contributed by atoms with van der Waals surface area (Å²) in [6.45, 7) is 1.60. The first-order valence-corrected chi connectivity index (χ1v) is 7.10. The molecule has 0 amide bonds. The van der Waals surface area contributed by atoms with Gasteiger partial charge >= 0.3 is 0 Å². The molecule has 0 atom stereocenters. The third-order valence-corrected chi connectivity index (χ3v) is 3.48. The van der Waals surface area contributed by atoms with Gasteiger partial charge in [0.2, 0.25) is 0 Å². The van der Waals surface area contributed by atoms with Crippen molar-refractivity contribution >= 4 is 5.69 Å². The van der Waals surface area contributed by atoms with Gasteiger partial charge < -0.3 is 10.1 Å². The van der Waals surface area contributed by atoms with E-state index in [9.17, 15) is 0 Å². The van der Waals surface area contributed by atoms with Gasteiger partial charge in [-0.15, -0.1) is 0 Å². The number of anilines is 1. The molecule has 4 nitrogen and oxygen atoms in total. The molecule has 0 aliphatic heterocycles. The summed E-state index contributed by atoms with van der Waals surface area (Å²) < 4.78 is 5.86. The van der Waals surface area contributed by atoms with E-state index < -0.39 is 0 Å². The Balaban J connectivity index is 1.62. The second kappa shape index (κ2) is 7.75. The predicted molar refractivity (Wildman–Crippen MR) is 74.9 cm³/mol. The monoisotopic (exact) mass is 259 g/mol. The van der Waals surface area contributed by atoms with E-state index in [1.807, 2.05) is 0 Å². The van der Waals surface area contributed by atoms with Crippen molar-refractivity contribution in [2.24, 2.45) is 0 Å². The Labute approximate surface area is 114 Å². The Morgan fingerprint density at radius 2 is 2.21 bits per heavy atom.